The van der Waals surface area contributed by atoms with Crippen molar-refractivity contribution in [1.82, 2.24) is 10.6 Å². The summed E-state index contributed by atoms with van der Waals surface area (Å²) in [6.45, 7) is 3.15. The molecule has 2 N–H and O–H groups in total. The van der Waals surface area contributed by atoms with Gasteiger partial charge < -0.3 is 20.3 Å². The number of piperidine rings is 1. The Morgan fingerprint density at radius 3 is 2.85 bits per heavy atom. The van der Waals surface area contributed by atoms with E-state index in [4.69, 9.17) is 4.74 Å². The molecule has 140 valence electrons. The lowest BCUT2D eigenvalue weighted by molar-refractivity contribution is 0.319. The number of benzene rings is 1. The van der Waals surface area contributed by atoms with E-state index in [1.165, 1.54) is 17.1 Å². The van der Waals surface area contributed by atoms with Crippen LogP contribution in [0.3, 0.4) is 0 Å². The van der Waals surface area contributed by atoms with Gasteiger partial charge in [-0.2, -0.15) is 0 Å². The topological polar surface area (TPSA) is 48.9 Å². The molecule has 0 spiro atoms. The molecule has 0 aliphatic carbocycles. The average Bonchev–Trinajstić information content (AvgIpc) is 3.19. The van der Waals surface area contributed by atoms with Crippen LogP contribution >= 0.6 is 11.3 Å². The summed E-state index contributed by atoms with van der Waals surface area (Å²) in [5, 5.41) is 10.2. The first kappa shape index (κ1) is 18.5. The van der Waals surface area contributed by atoms with Gasteiger partial charge in [0.1, 0.15) is 18.2 Å². The van der Waals surface area contributed by atoms with Crippen LogP contribution in [0.5, 0.6) is 5.75 Å². The van der Waals surface area contributed by atoms with Crippen molar-refractivity contribution in [3.05, 3.63) is 47.6 Å². The van der Waals surface area contributed by atoms with Gasteiger partial charge in [-0.05, 0) is 42.5 Å². The second kappa shape index (κ2) is 9.43. The largest absolute Gasteiger partial charge is 0.492 e. The number of thiophene rings is 1. The fourth-order valence-corrected chi connectivity index (χ4v) is 3.76. The third-order valence-corrected chi connectivity index (χ3v) is 5.27. The lowest BCUT2D eigenvalue weighted by Crippen LogP contribution is -2.49. The zero-order valence-electron chi connectivity index (χ0n) is 15.0. The number of nitrogens with zero attached hydrogens (tertiary/aromatic N) is 2. The molecule has 1 aromatic carbocycles. The Balaban J connectivity index is 1.36. The van der Waals surface area contributed by atoms with Gasteiger partial charge in [-0.25, -0.2) is 4.39 Å². The summed E-state index contributed by atoms with van der Waals surface area (Å²) in [5.41, 5.74) is 0. The van der Waals surface area contributed by atoms with Crippen LogP contribution in [-0.2, 0) is 0 Å². The van der Waals surface area contributed by atoms with E-state index in [1.807, 2.05) is 0 Å². The molecule has 0 saturated carbocycles. The standard InChI is InChI=1S/C19H25FN4OS/c1-21-19(22-9-12-25-17-5-2-4-15(20)14-17)23-16-7-10-24(11-8-16)18-6-3-13-26-18/h2-6,13-14,16H,7-12H2,1H3,(H2,21,22,23). The molecule has 5 nitrogen and oxygen atoms in total. The molecule has 26 heavy (non-hydrogen) atoms. The van der Waals surface area contributed by atoms with Crippen molar-refractivity contribution in [3.8, 4) is 5.75 Å². The van der Waals surface area contributed by atoms with Gasteiger partial charge in [-0.3, -0.25) is 4.99 Å². The Hall–Kier alpha value is -2.28. The summed E-state index contributed by atoms with van der Waals surface area (Å²) in [6.07, 6.45) is 2.16. The van der Waals surface area contributed by atoms with Gasteiger partial charge >= 0.3 is 0 Å². The smallest absolute Gasteiger partial charge is 0.191 e. The van der Waals surface area contributed by atoms with E-state index in [-0.39, 0.29) is 5.82 Å². The molecule has 3 rings (SSSR count). The third kappa shape index (κ3) is 5.36. The number of ether oxygens (including phenoxy) is 1. The van der Waals surface area contributed by atoms with Gasteiger partial charge in [0.15, 0.2) is 5.96 Å². The number of nitrogens with one attached hydrogen (secondary N) is 2. The van der Waals surface area contributed by atoms with Crippen LogP contribution in [-0.4, -0.2) is 45.3 Å². The van der Waals surface area contributed by atoms with Gasteiger partial charge in [-0.1, -0.05) is 6.07 Å². The van der Waals surface area contributed by atoms with E-state index in [1.54, 1.807) is 30.5 Å². The number of hydrogen-bond donors (Lipinski definition) is 2. The molecule has 2 heterocycles. The summed E-state index contributed by atoms with van der Waals surface area (Å²) in [4.78, 5) is 6.71. The van der Waals surface area contributed by atoms with Crippen LogP contribution < -0.4 is 20.3 Å². The molecule has 0 unspecified atom stereocenters. The molecule has 2 aromatic rings. The van der Waals surface area contributed by atoms with E-state index in [9.17, 15) is 4.39 Å². The number of halogens is 1. The highest BCUT2D eigenvalue weighted by Crippen LogP contribution is 2.24. The van der Waals surface area contributed by atoms with Crippen molar-refractivity contribution in [2.45, 2.75) is 18.9 Å². The number of anilines is 1. The van der Waals surface area contributed by atoms with Gasteiger partial charge in [0.25, 0.3) is 0 Å². The van der Waals surface area contributed by atoms with E-state index in [0.717, 1.165) is 31.9 Å². The Kier molecular flexibility index (Phi) is 6.71. The molecule has 0 radical (unpaired) electrons. The summed E-state index contributed by atoms with van der Waals surface area (Å²) in [7, 11) is 1.77. The van der Waals surface area contributed by atoms with E-state index in [0.29, 0.717) is 24.9 Å². The third-order valence-electron chi connectivity index (χ3n) is 4.34. The summed E-state index contributed by atoms with van der Waals surface area (Å²) >= 11 is 1.79. The fourth-order valence-electron chi connectivity index (χ4n) is 2.98. The quantitative estimate of drug-likeness (QED) is 0.462. The highest BCUT2D eigenvalue weighted by molar-refractivity contribution is 7.14. The van der Waals surface area contributed by atoms with E-state index < -0.39 is 0 Å². The minimum atomic E-state index is -0.290. The van der Waals surface area contributed by atoms with Gasteiger partial charge in [0.2, 0.25) is 0 Å². The van der Waals surface area contributed by atoms with Crippen LogP contribution in [0.4, 0.5) is 9.39 Å². The Labute approximate surface area is 157 Å². The normalized spacial score (nSPS) is 15.8. The molecular weight excluding hydrogens is 351 g/mol. The van der Waals surface area contributed by atoms with Crippen molar-refractivity contribution in [1.29, 1.82) is 0 Å². The maximum absolute atomic E-state index is 13.1. The Bertz CT molecular complexity index is 699. The predicted octanol–water partition coefficient (Wildman–Crippen LogP) is 3.10. The van der Waals surface area contributed by atoms with Crippen LogP contribution in [0.2, 0.25) is 0 Å². The monoisotopic (exact) mass is 376 g/mol. The van der Waals surface area contributed by atoms with E-state index >= 15 is 0 Å². The molecule has 1 aliphatic heterocycles. The highest BCUT2D eigenvalue weighted by Gasteiger charge is 2.20. The second-order valence-corrected chi connectivity index (χ2v) is 7.09. The molecule has 0 bridgehead atoms. The molecule has 1 aromatic heterocycles. The molecule has 1 fully saturated rings. The van der Waals surface area contributed by atoms with Gasteiger partial charge in [-0.15, -0.1) is 11.3 Å². The minimum absolute atomic E-state index is 0.290. The first-order valence-electron chi connectivity index (χ1n) is 8.88. The number of rotatable bonds is 6. The molecule has 0 atom stereocenters. The number of aliphatic imine (C=N–C) groups is 1. The minimum Gasteiger partial charge on any atom is -0.492 e. The van der Waals surface area contributed by atoms with Crippen LogP contribution in [0.25, 0.3) is 0 Å². The first-order chi connectivity index (χ1) is 12.7. The van der Waals surface area contributed by atoms with Crippen molar-refractivity contribution < 1.29 is 9.13 Å². The lowest BCUT2D eigenvalue weighted by Gasteiger charge is -2.33. The molecule has 7 heteroatoms. The Morgan fingerprint density at radius 1 is 1.31 bits per heavy atom. The molecule has 1 saturated heterocycles. The van der Waals surface area contributed by atoms with Crippen LogP contribution in [0.1, 0.15) is 12.8 Å². The van der Waals surface area contributed by atoms with Crippen molar-refractivity contribution in [2.75, 3.05) is 38.2 Å². The summed E-state index contributed by atoms with van der Waals surface area (Å²) < 4.78 is 18.6. The van der Waals surface area contributed by atoms with Gasteiger partial charge in [0, 0.05) is 32.2 Å². The average molecular weight is 377 g/mol. The zero-order chi connectivity index (χ0) is 18.2. The SMILES string of the molecule is CN=C(NCCOc1cccc(F)c1)NC1CCN(c2cccs2)CC1. The first-order valence-corrected chi connectivity index (χ1v) is 9.76. The highest BCUT2D eigenvalue weighted by atomic mass is 32.1. The van der Waals surface area contributed by atoms with Gasteiger partial charge in [0.05, 0.1) is 11.5 Å². The number of hydrogen-bond acceptors (Lipinski definition) is 4. The molecule has 1 aliphatic rings. The zero-order valence-corrected chi connectivity index (χ0v) is 15.8. The number of guanidine groups is 1. The predicted molar refractivity (Wildman–Crippen MR) is 106 cm³/mol. The van der Waals surface area contributed by atoms with E-state index in [2.05, 4.69) is 38.0 Å². The van der Waals surface area contributed by atoms with Crippen molar-refractivity contribution in [2.24, 2.45) is 4.99 Å². The van der Waals surface area contributed by atoms with Crippen molar-refractivity contribution in [3.63, 3.8) is 0 Å². The molecular formula is C19H25FN4OS. The van der Waals surface area contributed by atoms with Crippen molar-refractivity contribution >= 4 is 22.3 Å². The maximum Gasteiger partial charge on any atom is 0.191 e. The Morgan fingerprint density at radius 2 is 2.15 bits per heavy atom. The summed E-state index contributed by atoms with van der Waals surface area (Å²) in [5.74, 6) is 1.03. The lowest BCUT2D eigenvalue weighted by atomic mass is 10.1. The fraction of sp³-hybridized carbons (Fsp3) is 0.421. The van der Waals surface area contributed by atoms with Crippen LogP contribution in [0.15, 0.2) is 46.8 Å². The van der Waals surface area contributed by atoms with Crippen LogP contribution in [0, 0.1) is 5.82 Å². The maximum atomic E-state index is 13.1. The summed E-state index contributed by atoms with van der Waals surface area (Å²) in [6, 6.07) is 10.9. The second-order valence-electron chi connectivity index (χ2n) is 6.16. The molecule has 0 amide bonds.